The lowest BCUT2D eigenvalue weighted by molar-refractivity contribution is 0.0556. The van der Waals surface area contributed by atoms with Crippen LogP contribution in [0.2, 0.25) is 0 Å². The van der Waals surface area contributed by atoms with Crippen LogP contribution < -0.4 is 5.32 Å². The Kier molecular flexibility index (Phi) is 5.32. The summed E-state index contributed by atoms with van der Waals surface area (Å²) in [5.41, 5.74) is 2.33. The monoisotopic (exact) mass is 408 g/mol. The highest BCUT2D eigenvalue weighted by molar-refractivity contribution is 5.66. The molecule has 1 saturated carbocycles. The largest absolute Gasteiger partial charge is 0.465 e. The molecule has 0 spiro atoms. The van der Waals surface area contributed by atoms with Gasteiger partial charge >= 0.3 is 6.09 Å². The van der Waals surface area contributed by atoms with Crippen LogP contribution in [-0.4, -0.2) is 53.3 Å². The second kappa shape index (κ2) is 7.93. The van der Waals surface area contributed by atoms with Gasteiger partial charge in [-0.2, -0.15) is 0 Å². The van der Waals surface area contributed by atoms with Gasteiger partial charge in [-0.15, -0.1) is 5.10 Å². The molecule has 0 saturated heterocycles. The van der Waals surface area contributed by atoms with Crippen LogP contribution in [0.25, 0.3) is 16.9 Å². The van der Waals surface area contributed by atoms with E-state index in [1.54, 1.807) is 17.3 Å². The minimum Gasteiger partial charge on any atom is -0.465 e. The smallest absolute Gasteiger partial charge is 0.407 e. The van der Waals surface area contributed by atoms with Gasteiger partial charge in [0.2, 0.25) is 0 Å². The highest BCUT2D eigenvalue weighted by Crippen LogP contribution is 2.30. The molecule has 3 aromatic heterocycles. The van der Waals surface area contributed by atoms with Gasteiger partial charge in [-0.05, 0) is 70.7 Å². The third-order valence-electron chi connectivity index (χ3n) is 5.68. The molecule has 8 heteroatoms. The van der Waals surface area contributed by atoms with Crippen molar-refractivity contribution in [3.8, 4) is 11.3 Å². The minimum atomic E-state index is -0.838. The van der Waals surface area contributed by atoms with Crippen LogP contribution in [0.3, 0.4) is 0 Å². The van der Waals surface area contributed by atoms with Crippen molar-refractivity contribution in [2.75, 3.05) is 5.32 Å². The number of carbonyl (C=O) groups is 1. The number of hydrogen-bond donors (Lipinski definition) is 2. The average molecular weight is 409 g/mol. The Morgan fingerprint density at radius 3 is 2.47 bits per heavy atom. The van der Waals surface area contributed by atoms with E-state index < -0.39 is 11.6 Å². The lowest BCUT2D eigenvalue weighted by Crippen LogP contribution is -2.52. The van der Waals surface area contributed by atoms with Gasteiger partial charge in [0.15, 0.2) is 5.65 Å². The van der Waals surface area contributed by atoms with E-state index in [4.69, 9.17) is 5.10 Å². The number of hydrogen-bond acceptors (Lipinski definition) is 5. The maximum atomic E-state index is 11.8. The standard InChI is InChI=1S/C22H28N6O2/c1-22(2,3)27(21(29)30)17-6-4-16(5-7-17)25-19-8-9-20-24-14-18(28(20)26-19)15-10-12-23-13-11-15/h8-14,16-17H,4-7H2,1-3H3,(H,25,26)(H,29,30)/t16-,17-. The summed E-state index contributed by atoms with van der Waals surface area (Å²) >= 11 is 0. The van der Waals surface area contributed by atoms with Gasteiger partial charge < -0.3 is 15.3 Å². The number of carboxylic acid groups (broad SMARTS) is 1. The molecule has 1 fully saturated rings. The average Bonchev–Trinajstić information content (AvgIpc) is 3.12. The number of pyridine rings is 1. The number of fused-ring (bicyclic) bond motifs is 1. The Morgan fingerprint density at radius 1 is 1.13 bits per heavy atom. The topological polar surface area (TPSA) is 95.7 Å². The Labute approximate surface area is 176 Å². The number of imidazole rings is 1. The molecular formula is C22H28N6O2. The number of rotatable bonds is 4. The zero-order valence-corrected chi connectivity index (χ0v) is 17.6. The summed E-state index contributed by atoms with van der Waals surface area (Å²) in [5.74, 6) is 0.796. The highest BCUT2D eigenvalue weighted by atomic mass is 16.4. The first-order valence-corrected chi connectivity index (χ1v) is 10.4. The van der Waals surface area contributed by atoms with Crippen molar-refractivity contribution in [1.82, 2.24) is 24.5 Å². The summed E-state index contributed by atoms with van der Waals surface area (Å²) < 4.78 is 1.84. The van der Waals surface area contributed by atoms with Crippen molar-refractivity contribution < 1.29 is 9.90 Å². The van der Waals surface area contributed by atoms with E-state index in [-0.39, 0.29) is 12.1 Å². The van der Waals surface area contributed by atoms with Gasteiger partial charge in [0.25, 0.3) is 0 Å². The van der Waals surface area contributed by atoms with Crippen molar-refractivity contribution in [2.24, 2.45) is 0 Å². The molecule has 0 unspecified atom stereocenters. The van der Waals surface area contributed by atoms with E-state index in [0.29, 0.717) is 0 Å². The molecule has 0 bridgehead atoms. The van der Waals surface area contributed by atoms with E-state index in [2.05, 4.69) is 15.3 Å². The van der Waals surface area contributed by atoms with E-state index in [1.165, 1.54) is 0 Å². The van der Waals surface area contributed by atoms with Gasteiger partial charge in [-0.25, -0.2) is 14.3 Å². The normalized spacial score (nSPS) is 19.6. The zero-order valence-electron chi connectivity index (χ0n) is 17.6. The Morgan fingerprint density at radius 2 is 1.83 bits per heavy atom. The molecule has 0 aliphatic heterocycles. The van der Waals surface area contributed by atoms with Crippen LogP contribution in [0, 0.1) is 0 Å². The van der Waals surface area contributed by atoms with E-state index >= 15 is 0 Å². The second-order valence-electron chi connectivity index (χ2n) is 8.84. The molecule has 2 N–H and O–H groups in total. The van der Waals surface area contributed by atoms with E-state index in [9.17, 15) is 9.90 Å². The lowest BCUT2D eigenvalue weighted by atomic mass is 9.88. The fraction of sp³-hybridized carbons (Fsp3) is 0.455. The Hall–Kier alpha value is -3.16. The maximum Gasteiger partial charge on any atom is 0.407 e. The summed E-state index contributed by atoms with van der Waals surface area (Å²) in [6, 6.07) is 8.12. The first kappa shape index (κ1) is 20.1. The number of aromatic nitrogens is 4. The predicted molar refractivity (Wildman–Crippen MR) is 116 cm³/mol. The van der Waals surface area contributed by atoms with Crippen LogP contribution in [0.4, 0.5) is 10.6 Å². The van der Waals surface area contributed by atoms with Crippen LogP contribution in [-0.2, 0) is 0 Å². The van der Waals surface area contributed by atoms with Gasteiger partial charge in [-0.1, -0.05) is 0 Å². The first-order chi connectivity index (χ1) is 14.3. The fourth-order valence-electron chi connectivity index (χ4n) is 4.35. The third kappa shape index (κ3) is 4.08. The van der Waals surface area contributed by atoms with Crippen molar-refractivity contribution >= 4 is 17.6 Å². The minimum absolute atomic E-state index is 0.0583. The number of anilines is 1. The van der Waals surface area contributed by atoms with Crippen molar-refractivity contribution in [1.29, 1.82) is 0 Å². The van der Waals surface area contributed by atoms with Gasteiger partial charge in [-0.3, -0.25) is 4.98 Å². The fourth-order valence-corrected chi connectivity index (χ4v) is 4.35. The molecule has 1 aliphatic carbocycles. The van der Waals surface area contributed by atoms with Crippen LogP contribution in [0.15, 0.2) is 42.9 Å². The Bertz CT molecular complexity index is 1020. The van der Waals surface area contributed by atoms with Crippen molar-refractivity contribution in [3.63, 3.8) is 0 Å². The second-order valence-corrected chi connectivity index (χ2v) is 8.84. The molecule has 4 rings (SSSR count). The lowest BCUT2D eigenvalue weighted by Gasteiger charge is -2.42. The number of amides is 1. The molecule has 3 aromatic rings. The van der Waals surface area contributed by atoms with Crippen molar-refractivity contribution in [3.05, 3.63) is 42.9 Å². The summed E-state index contributed by atoms with van der Waals surface area (Å²) in [4.78, 5) is 21.9. The predicted octanol–water partition coefficient (Wildman–Crippen LogP) is 4.29. The molecule has 0 radical (unpaired) electrons. The summed E-state index contributed by atoms with van der Waals surface area (Å²) in [6.07, 6.45) is 8.00. The Balaban J connectivity index is 1.46. The molecule has 158 valence electrons. The number of nitrogens with zero attached hydrogens (tertiary/aromatic N) is 5. The maximum absolute atomic E-state index is 11.8. The van der Waals surface area contributed by atoms with Gasteiger partial charge in [0.1, 0.15) is 5.82 Å². The summed E-state index contributed by atoms with van der Waals surface area (Å²) in [6.45, 7) is 5.86. The highest BCUT2D eigenvalue weighted by Gasteiger charge is 2.35. The quantitative estimate of drug-likeness (QED) is 0.668. The van der Waals surface area contributed by atoms with Crippen LogP contribution in [0.5, 0.6) is 0 Å². The van der Waals surface area contributed by atoms with Gasteiger partial charge in [0.05, 0.1) is 11.9 Å². The SMILES string of the molecule is CC(C)(C)N(C(=O)O)[C@H]1CC[C@H](Nc2ccc3ncc(-c4ccncc4)n3n2)CC1. The van der Waals surface area contributed by atoms with Gasteiger partial charge in [0, 0.05) is 35.6 Å². The molecule has 0 atom stereocenters. The zero-order chi connectivity index (χ0) is 21.3. The molecule has 3 heterocycles. The molecule has 30 heavy (non-hydrogen) atoms. The van der Waals surface area contributed by atoms with E-state index in [0.717, 1.165) is 48.4 Å². The molecular weight excluding hydrogens is 380 g/mol. The first-order valence-electron chi connectivity index (χ1n) is 10.4. The van der Waals surface area contributed by atoms with E-state index in [1.807, 2.05) is 55.7 Å². The molecule has 8 nitrogen and oxygen atoms in total. The van der Waals surface area contributed by atoms with Crippen molar-refractivity contribution in [2.45, 2.75) is 64.1 Å². The molecule has 1 aliphatic rings. The molecule has 1 amide bonds. The number of nitrogens with one attached hydrogen (secondary N) is 1. The van der Waals surface area contributed by atoms with Crippen LogP contribution in [0.1, 0.15) is 46.5 Å². The summed E-state index contributed by atoms with van der Waals surface area (Å²) in [5, 5.41) is 17.9. The summed E-state index contributed by atoms with van der Waals surface area (Å²) in [7, 11) is 0. The molecule has 0 aromatic carbocycles. The van der Waals surface area contributed by atoms with Crippen LogP contribution >= 0.6 is 0 Å². The third-order valence-corrected chi connectivity index (χ3v) is 5.68.